The maximum atomic E-state index is 13.5. The molecule has 0 bridgehead atoms. The molecule has 3 heterocycles. The van der Waals surface area contributed by atoms with Crippen LogP contribution in [-0.4, -0.2) is 21.6 Å². The van der Waals surface area contributed by atoms with E-state index in [4.69, 9.17) is 4.74 Å². The van der Waals surface area contributed by atoms with Crippen molar-refractivity contribution in [3.8, 4) is 28.0 Å². The largest absolute Gasteiger partial charge is 0.493 e. The molecule has 1 aromatic carbocycles. The van der Waals surface area contributed by atoms with E-state index in [9.17, 15) is 4.39 Å². The van der Waals surface area contributed by atoms with Crippen molar-refractivity contribution >= 4 is 11.0 Å². The number of H-pyrrole nitrogens is 1. The fourth-order valence-corrected chi connectivity index (χ4v) is 2.92. The number of fused-ring (bicyclic) bond motifs is 1. The molecule has 5 heteroatoms. The van der Waals surface area contributed by atoms with Crippen LogP contribution in [0.25, 0.3) is 33.3 Å². The molecule has 0 saturated heterocycles. The number of aromatic nitrogens is 3. The molecule has 0 aliphatic carbocycles. The number of aromatic amines is 1. The third-order valence-corrected chi connectivity index (χ3v) is 4.05. The van der Waals surface area contributed by atoms with Gasteiger partial charge in [-0.1, -0.05) is 18.2 Å². The summed E-state index contributed by atoms with van der Waals surface area (Å²) in [5.74, 6) is 0.456. The summed E-state index contributed by atoms with van der Waals surface area (Å²) in [7, 11) is 0. The van der Waals surface area contributed by atoms with Crippen LogP contribution >= 0.6 is 0 Å². The minimum atomic E-state index is -0.367. The Labute approximate surface area is 144 Å². The van der Waals surface area contributed by atoms with Crippen molar-refractivity contribution in [2.75, 3.05) is 6.61 Å². The summed E-state index contributed by atoms with van der Waals surface area (Å²) >= 11 is 0. The highest BCUT2D eigenvalue weighted by molar-refractivity contribution is 5.97. The normalized spacial score (nSPS) is 11.0. The summed E-state index contributed by atoms with van der Waals surface area (Å²) in [5, 5.41) is 0.953. The van der Waals surface area contributed by atoms with E-state index in [1.165, 1.54) is 12.3 Å². The number of halogens is 1. The van der Waals surface area contributed by atoms with E-state index in [0.717, 1.165) is 33.5 Å². The van der Waals surface area contributed by atoms with E-state index < -0.39 is 0 Å². The number of nitrogens with zero attached hydrogens (tertiary/aromatic N) is 2. The van der Waals surface area contributed by atoms with Crippen LogP contribution in [-0.2, 0) is 0 Å². The first-order valence-electron chi connectivity index (χ1n) is 8.06. The molecule has 0 radical (unpaired) electrons. The molecule has 4 nitrogen and oxygen atoms in total. The van der Waals surface area contributed by atoms with E-state index >= 15 is 0 Å². The minimum Gasteiger partial charge on any atom is -0.493 e. The summed E-state index contributed by atoms with van der Waals surface area (Å²) in [4.78, 5) is 11.6. The quantitative estimate of drug-likeness (QED) is 0.582. The second kappa shape index (κ2) is 6.36. The van der Waals surface area contributed by atoms with E-state index in [-0.39, 0.29) is 5.82 Å². The van der Waals surface area contributed by atoms with Crippen LogP contribution in [0, 0.1) is 5.82 Å². The lowest BCUT2D eigenvalue weighted by Gasteiger charge is -2.09. The standard InChI is InChI=1S/C20H16FN3O/c1-2-25-19-6-4-3-5-16(19)18-12-24-20-17(18)8-14(10-23-20)13-7-15(21)11-22-9-13/h3-12H,2H2,1H3,(H,23,24). The van der Waals surface area contributed by atoms with Crippen LogP contribution < -0.4 is 4.74 Å². The Morgan fingerprint density at radius 1 is 1.04 bits per heavy atom. The zero-order chi connectivity index (χ0) is 17.2. The number of para-hydroxylation sites is 1. The van der Waals surface area contributed by atoms with Crippen molar-refractivity contribution in [2.24, 2.45) is 0 Å². The smallest absolute Gasteiger partial charge is 0.142 e. The molecule has 0 aliphatic heterocycles. The van der Waals surface area contributed by atoms with E-state index in [1.54, 1.807) is 12.4 Å². The fraction of sp³-hybridized carbons (Fsp3) is 0.100. The van der Waals surface area contributed by atoms with Gasteiger partial charge in [-0.25, -0.2) is 9.37 Å². The van der Waals surface area contributed by atoms with Crippen molar-refractivity contribution in [3.05, 3.63) is 67.0 Å². The summed E-state index contributed by atoms with van der Waals surface area (Å²) in [5.41, 5.74) is 4.27. The van der Waals surface area contributed by atoms with Crippen LogP contribution in [0.4, 0.5) is 4.39 Å². The third kappa shape index (κ3) is 2.85. The molecule has 0 unspecified atom stereocenters. The maximum Gasteiger partial charge on any atom is 0.142 e. The Kier molecular flexibility index (Phi) is 3.90. The zero-order valence-electron chi connectivity index (χ0n) is 13.7. The molecule has 0 aliphatic rings. The second-order valence-corrected chi connectivity index (χ2v) is 5.64. The molecular formula is C20H16FN3O. The van der Waals surface area contributed by atoms with Gasteiger partial charge in [0.15, 0.2) is 0 Å². The zero-order valence-corrected chi connectivity index (χ0v) is 13.7. The van der Waals surface area contributed by atoms with Gasteiger partial charge in [-0.15, -0.1) is 0 Å². The molecule has 0 atom stereocenters. The molecule has 3 aromatic heterocycles. The average Bonchev–Trinajstić information content (AvgIpc) is 3.05. The fourth-order valence-electron chi connectivity index (χ4n) is 2.92. The van der Waals surface area contributed by atoms with Gasteiger partial charge in [0.25, 0.3) is 0 Å². The van der Waals surface area contributed by atoms with E-state index in [1.807, 2.05) is 43.5 Å². The van der Waals surface area contributed by atoms with Gasteiger partial charge in [0, 0.05) is 46.2 Å². The molecule has 124 valence electrons. The number of ether oxygens (including phenoxy) is 1. The highest BCUT2D eigenvalue weighted by Gasteiger charge is 2.13. The van der Waals surface area contributed by atoms with Gasteiger partial charge in [-0.2, -0.15) is 0 Å². The molecule has 0 fully saturated rings. The summed E-state index contributed by atoms with van der Waals surface area (Å²) in [6.07, 6.45) is 6.46. The second-order valence-electron chi connectivity index (χ2n) is 5.64. The molecule has 25 heavy (non-hydrogen) atoms. The number of nitrogens with one attached hydrogen (secondary N) is 1. The highest BCUT2D eigenvalue weighted by Crippen LogP contribution is 2.36. The Balaban J connectivity index is 1.88. The Hall–Kier alpha value is -3.21. The molecule has 0 amide bonds. The number of rotatable bonds is 4. The molecule has 0 saturated carbocycles. The van der Waals surface area contributed by atoms with Gasteiger partial charge >= 0.3 is 0 Å². The predicted octanol–water partition coefficient (Wildman–Crippen LogP) is 4.83. The van der Waals surface area contributed by atoms with Crippen LogP contribution in [0.3, 0.4) is 0 Å². The molecule has 1 N–H and O–H groups in total. The lowest BCUT2D eigenvalue weighted by molar-refractivity contribution is 0.341. The van der Waals surface area contributed by atoms with Gasteiger partial charge in [0.2, 0.25) is 0 Å². The van der Waals surface area contributed by atoms with Crippen LogP contribution in [0.15, 0.2) is 61.2 Å². The summed E-state index contributed by atoms with van der Waals surface area (Å²) in [6, 6.07) is 11.3. The first-order chi connectivity index (χ1) is 12.3. The van der Waals surface area contributed by atoms with Gasteiger partial charge in [-0.05, 0) is 25.1 Å². The Bertz CT molecular complexity index is 1040. The number of hydrogen-bond donors (Lipinski definition) is 1. The summed E-state index contributed by atoms with van der Waals surface area (Å²) in [6.45, 7) is 2.56. The first-order valence-corrected chi connectivity index (χ1v) is 8.06. The summed E-state index contributed by atoms with van der Waals surface area (Å²) < 4.78 is 19.2. The maximum absolute atomic E-state index is 13.5. The monoisotopic (exact) mass is 333 g/mol. The van der Waals surface area contributed by atoms with Crippen molar-refractivity contribution in [1.82, 2.24) is 15.0 Å². The van der Waals surface area contributed by atoms with Crippen LogP contribution in [0.5, 0.6) is 5.75 Å². The van der Waals surface area contributed by atoms with Crippen molar-refractivity contribution in [3.63, 3.8) is 0 Å². The first kappa shape index (κ1) is 15.3. The SMILES string of the molecule is CCOc1ccccc1-c1c[nH]c2ncc(-c3cncc(F)c3)cc12. The molecule has 4 aromatic rings. The Morgan fingerprint density at radius 2 is 1.88 bits per heavy atom. The third-order valence-electron chi connectivity index (χ3n) is 4.05. The van der Waals surface area contributed by atoms with Crippen LogP contribution in [0.2, 0.25) is 0 Å². The highest BCUT2D eigenvalue weighted by atomic mass is 19.1. The van der Waals surface area contributed by atoms with Gasteiger partial charge in [0.05, 0.1) is 12.8 Å². The van der Waals surface area contributed by atoms with Gasteiger partial charge in [-0.3, -0.25) is 4.98 Å². The topological polar surface area (TPSA) is 50.8 Å². The number of pyridine rings is 2. The average molecular weight is 333 g/mol. The number of hydrogen-bond acceptors (Lipinski definition) is 3. The lowest BCUT2D eigenvalue weighted by Crippen LogP contribution is -1.93. The Morgan fingerprint density at radius 3 is 2.72 bits per heavy atom. The van der Waals surface area contributed by atoms with Crippen molar-refractivity contribution < 1.29 is 9.13 Å². The van der Waals surface area contributed by atoms with E-state index in [0.29, 0.717) is 12.2 Å². The lowest BCUT2D eigenvalue weighted by atomic mass is 10.0. The molecule has 4 rings (SSSR count). The molecular weight excluding hydrogens is 317 g/mol. The number of benzene rings is 1. The van der Waals surface area contributed by atoms with Crippen LogP contribution in [0.1, 0.15) is 6.92 Å². The van der Waals surface area contributed by atoms with Crippen molar-refractivity contribution in [2.45, 2.75) is 6.92 Å². The van der Waals surface area contributed by atoms with E-state index in [2.05, 4.69) is 15.0 Å². The van der Waals surface area contributed by atoms with Crippen molar-refractivity contribution in [1.29, 1.82) is 0 Å². The van der Waals surface area contributed by atoms with Gasteiger partial charge < -0.3 is 9.72 Å². The van der Waals surface area contributed by atoms with Gasteiger partial charge in [0.1, 0.15) is 17.2 Å². The molecule has 0 spiro atoms. The predicted molar refractivity (Wildman–Crippen MR) is 95.9 cm³/mol. The minimum absolute atomic E-state index is 0.367.